The van der Waals surface area contributed by atoms with Crippen molar-refractivity contribution in [2.24, 2.45) is 0 Å². The Morgan fingerprint density at radius 1 is 1.10 bits per heavy atom. The van der Waals surface area contributed by atoms with Gasteiger partial charge in [-0.2, -0.15) is 5.10 Å². The Bertz CT molecular complexity index is 1050. The van der Waals surface area contributed by atoms with Crippen LogP contribution in [0.4, 0.5) is 11.4 Å². The van der Waals surface area contributed by atoms with Crippen molar-refractivity contribution in [2.75, 3.05) is 25.1 Å². The molecule has 0 atom stereocenters. The van der Waals surface area contributed by atoms with E-state index in [9.17, 15) is 14.9 Å². The van der Waals surface area contributed by atoms with Crippen molar-refractivity contribution in [2.45, 2.75) is 18.9 Å². The number of nitrogens with one attached hydrogen (secondary N) is 1. The number of ether oxygens (including phenoxy) is 1. The molecule has 3 aromatic rings. The lowest BCUT2D eigenvalue weighted by atomic mass is 10.0. The molecule has 1 aliphatic heterocycles. The molecular formula is C22H23N5O4. The van der Waals surface area contributed by atoms with Crippen LogP contribution in [0.5, 0.6) is 5.75 Å². The first kappa shape index (κ1) is 20.4. The van der Waals surface area contributed by atoms with Crippen LogP contribution in [-0.4, -0.2) is 46.9 Å². The van der Waals surface area contributed by atoms with Gasteiger partial charge < -0.3 is 15.0 Å². The van der Waals surface area contributed by atoms with Crippen molar-refractivity contribution in [3.63, 3.8) is 0 Å². The molecule has 160 valence electrons. The molecule has 4 rings (SSSR count). The predicted octanol–water partition coefficient (Wildman–Crippen LogP) is 3.19. The second-order valence-electron chi connectivity index (χ2n) is 7.38. The number of nitro benzene ring substituents is 1. The number of amides is 1. The number of anilines is 1. The van der Waals surface area contributed by atoms with Gasteiger partial charge in [-0.25, -0.2) is 4.68 Å². The van der Waals surface area contributed by atoms with Gasteiger partial charge in [0.05, 0.1) is 29.5 Å². The fraction of sp³-hybridized carbons (Fsp3) is 0.273. The molecule has 9 heteroatoms. The topological polar surface area (TPSA) is 103 Å². The van der Waals surface area contributed by atoms with Crippen LogP contribution in [0.15, 0.2) is 60.9 Å². The van der Waals surface area contributed by atoms with E-state index in [0.717, 1.165) is 37.4 Å². The second-order valence-corrected chi connectivity index (χ2v) is 7.38. The van der Waals surface area contributed by atoms with Crippen molar-refractivity contribution >= 4 is 17.3 Å². The number of piperidine rings is 1. The zero-order valence-electron chi connectivity index (χ0n) is 17.1. The van der Waals surface area contributed by atoms with E-state index >= 15 is 0 Å². The summed E-state index contributed by atoms with van der Waals surface area (Å²) in [4.78, 5) is 25.3. The van der Waals surface area contributed by atoms with Crippen LogP contribution in [0, 0.1) is 10.1 Å². The highest BCUT2D eigenvalue weighted by atomic mass is 16.6. The largest absolute Gasteiger partial charge is 0.497 e. The second kappa shape index (κ2) is 8.86. The monoisotopic (exact) mass is 421 g/mol. The van der Waals surface area contributed by atoms with Crippen LogP contribution < -0.4 is 15.0 Å². The number of rotatable bonds is 6. The summed E-state index contributed by atoms with van der Waals surface area (Å²) < 4.78 is 6.74. The maximum atomic E-state index is 12.6. The van der Waals surface area contributed by atoms with E-state index in [2.05, 4.69) is 15.3 Å². The van der Waals surface area contributed by atoms with Crippen molar-refractivity contribution in [1.82, 2.24) is 15.1 Å². The summed E-state index contributed by atoms with van der Waals surface area (Å²) in [5.41, 5.74) is 2.26. The SMILES string of the molecule is COc1ccc(N2CCC(NC(=O)c3cnn(-c4ccc([N+](=O)[O-])cc4)c3)CC2)cc1. The summed E-state index contributed by atoms with van der Waals surface area (Å²) in [5.74, 6) is 0.663. The Kier molecular flexibility index (Phi) is 5.83. The molecule has 0 aliphatic carbocycles. The highest BCUT2D eigenvalue weighted by molar-refractivity contribution is 5.94. The van der Waals surface area contributed by atoms with E-state index in [1.54, 1.807) is 25.4 Å². The van der Waals surface area contributed by atoms with Gasteiger partial charge in [-0.1, -0.05) is 0 Å². The van der Waals surface area contributed by atoms with Gasteiger partial charge in [0.2, 0.25) is 0 Å². The van der Waals surface area contributed by atoms with E-state index in [4.69, 9.17) is 4.74 Å². The van der Waals surface area contributed by atoms with Crippen molar-refractivity contribution in [1.29, 1.82) is 0 Å². The minimum absolute atomic E-state index is 0.00913. The van der Waals surface area contributed by atoms with Crippen LogP contribution in [0.3, 0.4) is 0 Å². The average Bonchev–Trinajstić information content (AvgIpc) is 3.30. The normalized spacial score (nSPS) is 14.3. The minimum Gasteiger partial charge on any atom is -0.497 e. The van der Waals surface area contributed by atoms with E-state index in [-0.39, 0.29) is 17.6 Å². The summed E-state index contributed by atoms with van der Waals surface area (Å²) in [5, 5.41) is 18.1. The third-order valence-corrected chi connectivity index (χ3v) is 5.44. The third kappa shape index (κ3) is 4.66. The highest BCUT2D eigenvalue weighted by Crippen LogP contribution is 2.23. The standard InChI is InChI=1S/C22H23N5O4/c1-31-21-8-6-18(7-9-21)25-12-10-17(11-13-25)24-22(28)16-14-23-26(15-16)19-2-4-20(5-3-19)27(29)30/h2-9,14-15,17H,10-13H2,1H3,(H,24,28). The van der Waals surface area contributed by atoms with Crippen molar-refractivity contribution < 1.29 is 14.5 Å². The summed E-state index contributed by atoms with van der Waals surface area (Å²) in [6.07, 6.45) is 4.84. The fourth-order valence-electron chi connectivity index (χ4n) is 3.65. The molecule has 0 spiro atoms. The molecule has 1 amide bonds. The van der Waals surface area contributed by atoms with Crippen LogP contribution in [0.1, 0.15) is 23.2 Å². The number of hydrogen-bond donors (Lipinski definition) is 1. The number of aromatic nitrogens is 2. The lowest BCUT2D eigenvalue weighted by Crippen LogP contribution is -2.44. The molecule has 0 radical (unpaired) electrons. The van der Waals surface area contributed by atoms with E-state index < -0.39 is 4.92 Å². The molecule has 1 fully saturated rings. The number of benzene rings is 2. The summed E-state index contributed by atoms with van der Waals surface area (Å²) in [6.45, 7) is 1.72. The molecule has 0 bridgehead atoms. The van der Waals surface area contributed by atoms with Gasteiger partial charge >= 0.3 is 0 Å². The Morgan fingerprint density at radius 3 is 2.35 bits per heavy atom. The first-order valence-electron chi connectivity index (χ1n) is 10.0. The van der Waals surface area contributed by atoms with E-state index in [1.807, 2.05) is 24.3 Å². The molecule has 31 heavy (non-hydrogen) atoms. The van der Waals surface area contributed by atoms with Gasteiger partial charge in [0.1, 0.15) is 5.75 Å². The third-order valence-electron chi connectivity index (χ3n) is 5.44. The summed E-state index contributed by atoms with van der Waals surface area (Å²) in [7, 11) is 1.65. The zero-order chi connectivity index (χ0) is 21.8. The number of nitro groups is 1. The number of nitrogens with zero attached hydrogens (tertiary/aromatic N) is 4. The molecule has 1 aromatic heterocycles. The molecule has 1 saturated heterocycles. The van der Waals surface area contributed by atoms with Crippen molar-refractivity contribution in [3.05, 3.63) is 76.6 Å². The number of carbonyl (C=O) groups is 1. The molecule has 0 saturated carbocycles. The summed E-state index contributed by atoms with van der Waals surface area (Å²) in [6, 6.07) is 14.1. The first-order valence-corrected chi connectivity index (χ1v) is 10.0. The molecule has 9 nitrogen and oxygen atoms in total. The fourth-order valence-corrected chi connectivity index (χ4v) is 3.65. The lowest BCUT2D eigenvalue weighted by Gasteiger charge is -2.34. The number of hydrogen-bond acceptors (Lipinski definition) is 6. The molecule has 0 unspecified atom stereocenters. The van der Waals surface area contributed by atoms with Crippen LogP contribution in [0.2, 0.25) is 0 Å². The van der Waals surface area contributed by atoms with Crippen LogP contribution in [-0.2, 0) is 0 Å². The highest BCUT2D eigenvalue weighted by Gasteiger charge is 2.22. The zero-order valence-corrected chi connectivity index (χ0v) is 17.1. The molecule has 1 N–H and O–H groups in total. The number of non-ortho nitro benzene ring substituents is 1. The van der Waals surface area contributed by atoms with Gasteiger partial charge in [0.15, 0.2) is 0 Å². The van der Waals surface area contributed by atoms with Crippen LogP contribution >= 0.6 is 0 Å². The smallest absolute Gasteiger partial charge is 0.269 e. The quantitative estimate of drug-likeness (QED) is 0.484. The molecule has 2 aromatic carbocycles. The van der Waals surface area contributed by atoms with E-state index in [1.165, 1.54) is 23.0 Å². The number of carbonyl (C=O) groups excluding carboxylic acids is 1. The summed E-state index contributed by atoms with van der Waals surface area (Å²) >= 11 is 0. The van der Waals surface area contributed by atoms with Gasteiger partial charge in [-0.3, -0.25) is 14.9 Å². The maximum Gasteiger partial charge on any atom is 0.269 e. The Morgan fingerprint density at radius 2 is 1.74 bits per heavy atom. The lowest BCUT2D eigenvalue weighted by molar-refractivity contribution is -0.384. The van der Waals surface area contributed by atoms with Gasteiger partial charge in [-0.05, 0) is 49.2 Å². The van der Waals surface area contributed by atoms with Gasteiger partial charge in [-0.15, -0.1) is 0 Å². The molecular weight excluding hydrogens is 398 g/mol. The maximum absolute atomic E-state index is 12.6. The molecule has 2 heterocycles. The van der Waals surface area contributed by atoms with Crippen molar-refractivity contribution in [3.8, 4) is 11.4 Å². The first-order chi connectivity index (χ1) is 15.0. The van der Waals surface area contributed by atoms with Crippen LogP contribution in [0.25, 0.3) is 5.69 Å². The van der Waals surface area contributed by atoms with E-state index in [0.29, 0.717) is 11.3 Å². The number of methoxy groups -OCH3 is 1. The molecule has 1 aliphatic rings. The van der Waals surface area contributed by atoms with Gasteiger partial charge in [0.25, 0.3) is 11.6 Å². The Labute approximate surface area is 179 Å². The van der Waals surface area contributed by atoms with Gasteiger partial charge in [0, 0.05) is 43.1 Å². The Balaban J connectivity index is 1.32. The average molecular weight is 421 g/mol. The minimum atomic E-state index is -0.453. The Hall–Kier alpha value is -3.88. The predicted molar refractivity (Wildman–Crippen MR) is 116 cm³/mol.